The van der Waals surface area contributed by atoms with Crippen LogP contribution >= 0.6 is 0 Å². The Hall–Kier alpha value is -2.02. The summed E-state index contributed by atoms with van der Waals surface area (Å²) in [6.45, 7) is 0.851. The largest absolute Gasteiger partial charge is 0.398 e. The zero-order valence-electron chi connectivity index (χ0n) is 10.0. The number of carbonyl (C=O) groups is 1. The normalized spacial score (nSPS) is 14.0. The maximum atomic E-state index is 13.2. The van der Waals surface area contributed by atoms with E-state index >= 15 is 0 Å². The fourth-order valence-corrected chi connectivity index (χ4v) is 1.83. The summed E-state index contributed by atoms with van der Waals surface area (Å²) >= 11 is 0. The zero-order valence-corrected chi connectivity index (χ0v) is 10.0. The molecule has 0 bridgehead atoms. The van der Waals surface area contributed by atoms with Crippen molar-refractivity contribution in [2.24, 2.45) is 5.92 Å². The number of hydrogen-bond acceptors (Lipinski definition) is 2. The van der Waals surface area contributed by atoms with E-state index in [-0.39, 0.29) is 23.7 Å². The molecule has 1 aromatic rings. The summed E-state index contributed by atoms with van der Waals surface area (Å²) < 4.78 is 13.2. The molecule has 2 N–H and O–H groups in total. The summed E-state index contributed by atoms with van der Waals surface area (Å²) in [6, 6.07) is 3.79. The van der Waals surface area contributed by atoms with Crippen LogP contribution in [0.3, 0.4) is 0 Å². The minimum absolute atomic E-state index is 0.186. The summed E-state index contributed by atoms with van der Waals surface area (Å²) in [5.74, 6) is 2.21. The minimum Gasteiger partial charge on any atom is -0.398 e. The van der Waals surface area contributed by atoms with Crippen molar-refractivity contribution in [2.45, 2.75) is 12.8 Å². The molecule has 0 atom stereocenters. The summed E-state index contributed by atoms with van der Waals surface area (Å²) in [4.78, 5) is 13.8. The number of halogens is 1. The molecule has 18 heavy (non-hydrogen) atoms. The third kappa shape index (κ3) is 2.80. The number of hydrogen-bond donors (Lipinski definition) is 1. The maximum Gasteiger partial charge on any atom is 0.256 e. The van der Waals surface area contributed by atoms with Crippen molar-refractivity contribution in [3.8, 4) is 12.3 Å². The van der Waals surface area contributed by atoms with Gasteiger partial charge < -0.3 is 10.6 Å². The van der Waals surface area contributed by atoms with Gasteiger partial charge in [-0.05, 0) is 37.0 Å². The second-order valence-corrected chi connectivity index (χ2v) is 4.56. The van der Waals surface area contributed by atoms with Gasteiger partial charge in [0.25, 0.3) is 5.91 Å². The Morgan fingerprint density at radius 3 is 2.89 bits per heavy atom. The first kappa shape index (κ1) is 12.4. The molecule has 1 saturated carbocycles. The second-order valence-electron chi connectivity index (χ2n) is 4.56. The topological polar surface area (TPSA) is 46.3 Å². The lowest BCUT2D eigenvalue weighted by Gasteiger charge is -2.20. The van der Waals surface area contributed by atoms with Crippen LogP contribution in [0.5, 0.6) is 0 Å². The molecule has 1 aliphatic carbocycles. The molecule has 0 radical (unpaired) electrons. The van der Waals surface area contributed by atoms with Gasteiger partial charge in [-0.2, -0.15) is 0 Å². The Morgan fingerprint density at radius 1 is 1.56 bits per heavy atom. The number of rotatable bonds is 4. The van der Waals surface area contributed by atoms with Gasteiger partial charge in [-0.15, -0.1) is 6.42 Å². The first-order valence-electron chi connectivity index (χ1n) is 5.89. The number of nitrogens with zero attached hydrogens (tertiary/aromatic N) is 1. The van der Waals surface area contributed by atoms with E-state index in [4.69, 9.17) is 12.2 Å². The first-order chi connectivity index (χ1) is 8.61. The molecule has 94 valence electrons. The van der Waals surface area contributed by atoms with Gasteiger partial charge in [-0.3, -0.25) is 4.79 Å². The SMILES string of the molecule is C#CCN(CC1CC1)C(=O)c1cc(F)ccc1N. The molecule has 1 fully saturated rings. The Morgan fingerprint density at radius 2 is 2.28 bits per heavy atom. The predicted molar refractivity (Wildman–Crippen MR) is 68.3 cm³/mol. The quantitative estimate of drug-likeness (QED) is 0.651. The highest BCUT2D eigenvalue weighted by Gasteiger charge is 2.27. The number of carbonyl (C=O) groups excluding carboxylic acids is 1. The van der Waals surface area contributed by atoms with Gasteiger partial charge in [0.05, 0.1) is 12.1 Å². The molecular weight excluding hydrogens is 231 g/mol. The monoisotopic (exact) mass is 246 g/mol. The molecule has 1 amide bonds. The average Bonchev–Trinajstić information content (AvgIpc) is 3.15. The molecule has 1 aliphatic rings. The van der Waals surface area contributed by atoms with Gasteiger partial charge in [0.15, 0.2) is 0 Å². The molecule has 2 rings (SSSR count). The predicted octanol–water partition coefficient (Wildman–Crippen LogP) is 1.89. The molecule has 4 heteroatoms. The van der Waals surface area contributed by atoms with Crippen molar-refractivity contribution in [3.05, 3.63) is 29.6 Å². The highest BCUT2D eigenvalue weighted by atomic mass is 19.1. The minimum atomic E-state index is -0.473. The Kier molecular flexibility index (Phi) is 3.52. The Bertz CT molecular complexity index is 503. The van der Waals surface area contributed by atoms with Crippen LogP contribution in [0.2, 0.25) is 0 Å². The van der Waals surface area contributed by atoms with Crippen LogP contribution in [-0.4, -0.2) is 23.9 Å². The molecule has 0 heterocycles. The molecule has 1 aromatic carbocycles. The van der Waals surface area contributed by atoms with E-state index in [0.717, 1.165) is 18.9 Å². The summed E-state index contributed by atoms with van der Waals surface area (Å²) in [5, 5.41) is 0. The molecule has 0 aliphatic heterocycles. The van der Waals surface area contributed by atoms with Crippen molar-refractivity contribution in [1.29, 1.82) is 0 Å². The maximum absolute atomic E-state index is 13.2. The van der Waals surface area contributed by atoms with E-state index in [1.807, 2.05) is 0 Å². The third-order valence-electron chi connectivity index (χ3n) is 2.99. The van der Waals surface area contributed by atoms with E-state index in [2.05, 4.69) is 5.92 Å². The molecular formula is C14H15FN2O. The van der Waals surface area contributed by atoms with E-state index in [1.165, 1.54) is 12.1 Å². The highest BCUT2D eigenvalue weighted by Crippen LogP contribution is 2.30. The number of benzene rings is 1. The van der Waals surface area contributed by atoms with E-state index < -0.39 is 5.82 Å². The summed E-state index contributed by atoms with van der Waals surface area (Å²) in [7, 11) is 0. The van der Waals surface area contributed by atoms with Crippen molar-refractivity contribution in [1.82, 2.24) is 4.90 Å². The summed E-state index contributed by atoms with van der Waals surface area (Å²) in [5.41, 5.74) is 6.17. The summed E-state index contributed by atoms with van der Waals surface area (Å²) in [6.07, 6.45) is 7.50. The average molecular weight is 246 g/mol. The van der Waals surface area contributed by atoms with Crippen molar-refractivity contribution in [3.63, 3.8) is 0 Å². The first-order valence-corrected chi connectivity index (χ1v) is 5.89. The Labute approximate surface area is 106 Å². The van der Waals surface area contributed by atoms with Gasteiger partial charge in [0, 0.05) is 12.2 Å². The lowest BCUT2D eigenvalue weighted by Crippen LogP contribution is -2.33. The number of terminal acetylenes is 1. The zero-order chi connectivity index (χ0) is 13.1. The van der Waals surface area contributed by atoms with Crippen LogP contribution in [0.25, 0.3) is 0 Å². The molecule has 0 saturated heterocycles. The molecule has 0 unspecified atom stereocenters. The van der Waals surface area contributed by atoms with E-state index in [1.54, 1.807) is 4.90 Å². The van der Waals surface area contributed by atoms with Gasteiger partial charge in [-0.1, -0.05) is 5.92 Å². The number of anilines is 1. The second kappa shape index (κ2) is 5.09. The smallest absolute Gasteiger partial charge is 0.256 e. The number of amides is 1. The van der Waals surface area contributed by atoms with E-state index in [9.17, 15) is 9.18 Å². The van der Waals surface area contributed by atoms with Crippen LogP contribution in [0.4, 0.5) is 10.1 Å². The fraction of sp³-hybridized carbons (Fsp3) is 0.357. The molecule has 0 aromatic heterocycles. The highest BCUT2D eigenvalue weighted by molar-refractivity contribution is 5.99. The van der Waals surface area contributed by atoms with Crippen LogP contribution < -0.4 is 5.73 Å². The van der Waals surface area contributed by atoms with Gasteiger partial charge >= 0.3 is 0 Å². The Balaban J connectivity index is 2.20. The van der Waals surface area contributed by atoms with Crippen LogP contribution in [0.1, 0.15) is 23.2 Å². The van der Waals surface area contributed by atoms with Crippen LogP contribution in [0, 0.1) is 24.1 Å². The number of nitrogen functional groups attached to an aromatic ring is 1. The molecule has 3 nitrogen and oxygen atoms in total. The lowest BCUT2D eigenvalue weighted by atomic mass is 10.1. The van der Waals surface area contributed by atoms with E-state index in [0.29, 0.717) is 12.5 Å². The van der Waals surface area contributed by atoms with Gasteiger partial charge in [0.2, 0.25) is 0 Å². The van der Waals surface area contributed by atoms with Crippen LogP contribution in [0.15, 0.2) is 18.2 Å². The molecule has 0 spiro atoms. The van der Waals surface area contributed by atoms with Gasteiger partial charge in [-0.25, -0.2) is 4.39 Å². The van der Waals surface area contributed by atoms with Crippen molar-refractivity contribution < 1.29 is 9.18 Å². The van der Waals surface area contributed by atoms with Crippen molar-refractivity contribution in [2.75, 3.05) is 18.8 Å². The number of nitrogens with two attached hydrogens (primary N) is 1. The standard InChI is InChI=1S/C14H15FN2O/c1-2-7-17(9-10-3-4-10)14(18)12-8-11(15)5-6-13(12)16/h1,5-6,8,10H,3-4,7,9,16H2. The van der Waals surface area contributed by atoms with Gasteiger partial charge in [0.1, 0.15) is 5.82 Å². The third-order valence-corrected chi connectivity index (χ3v) is 2.99. The fourth-order valence-electron chi connectivity index (χ4n) is 1.83. The van der Waals surface area contributed by atoms with Crippen LogP contribution in [-0.2, 0) is 0 Å². The van der Waals surface area contributed by atoms with Crippen molar-refractivity contribution >= 4 is 11.6 Å². The lowest BCUT2D eigenvalue weighted by molar-refractivity contribution is 0.0770.